The van der Waals surface area contributed by atoms with Gasteiger partial charge in [-0.05, 0) is 106 Å². The number of rotatable bonds is 3. The van der Waals surface area contributed by atoms with Crippen LogP contribution in [-0.2, 0) is 0 Å². The summed E-state index contributed by atoms with van der Waals surface area (Å²) in [5.41, 5.74) is 14.2. The minimum atomic E-state index is 1.24. The lowest BCUT2D eigenvalue weighted by molar-refractivity contribution is 1.51. The predicted molar refractivity (Wildman–Crippen MR) is 202 cm³/mol. The number of hydrogen-bond acceptors (Lipinski definition) is 0. The Kier molecular flexibility index (Phi) is 5.59. The normalized spacial score (nSPS) is 11.9. The highest BCUT2D eigenvalue weighted by molar-refractivity contribution is 6.26. The first kappa shape index (κ1) is 26.3. The average molecular weight is 595 g/mol. The van der Waals surface area contributed by atoms with Gasteiger partial charge < -0.3 is 0 Å². The van der Waals surface area contributed by atoms with Crippen molar-refractivity contribution in [2.24, 2.45) is 0 Å². The van der Waals surface area contributed by atoms with Gasteiger partial charge in [0, 0.05) is 0 Å². The molecule has 0 amide bonds. The number of fused-ring (bicyclic) bond motifs is 6. The summed E-state index contributed by atoms with van der Waals surface area (Å²) in [5, 5.41) is 10.4. The first-order chi connectivity index (χ1) is 23.2. The molecular formula is C47H30. The number of benzene rings is 9. The van der Waals surface area contributed by atoms with Crippen molar-refractivity contribution in [2.45, 2.75) is 6.92 Å². The molecule has 0 aromatic heterocycles. The van der Waals surface area contributed by atoms with Crippen LogP contribution in [0.4, 0.5) is 0 Å². The Morgan fingerprint density at radius 1 is 0.298 bits per heavy atom. The van der Waals surface area contributed by atoms with E-state index in [2.05, 4.69) is 171 Å². The Morgan fingerprint density at radius 2 is 0.830 bits per heavy atom. The second kappa shape index (κ2) is 10.0. The molecule has 0 spiro atoms. The topological polar surface area (TPSA) is 0 Å². The summed E-state index contributed by atoms with van der Waals surface area (Å²) in [6.07, 6.45) is 0. The second-order valence-corrected chi connectivity index (χ2v) is 12.9. The minimum Gasteiger partial charge on any atom is -0.0616 e. The Morgan fingerprint density at radius 3 is 1.64 bits per heavy atom. The smallest absolute Gasteiger partial charge is 0.00201 e. The second-order valence-electron chi connectivity index (χ2n) is 12.9. The van der Waals surface area contributed by atoms with Gasteiger partial charge in [-0.3, -0.25) is 0 Å². The van der Waals surface area contributed by atoms with Crippen LogP contribution in [0.5, 0.6) is 0 Å². The summed E-state index contributed by atoms with van der Waals surface area (Å²) in [5.74, 6) is 0. The lowest BCUT2D eigenvalue weighted by Gasteiger charge is -2.20. The molecule has 1 aliphatic rings. The van der Waals surface area contributed by atoms with E-state index < -0.39 is 0 Å². The molecule has 0 saturated heterocycles. The maximum absolute atomic E-state index is 2.38. The van der Waals surface area contributed by atoms with Gasteiger partial charge in [-0.15, -0.1) is 0 Å². The fourth-order valence-electron chi connectivity index (χ4n) is 8.21. The van der Waals surface area contributed by atoms with E-state index in [9.17, 15) is 0 Å². The standard InChI is InChI=1S/C47H30/c1-29-20-25-43-44(28-29)45(32-23-21-31(22-24-32)34-17-8-11-30-10-2-3-12-33(30)34)38-15-6-7-16-39(38)47(43)42-27-26-41-36-14-5-4-13-35(36)37-18-9-19-40(42)46(37)41/h2-28H,1H3. The van der Waals surface area contributed by atoms with Crippen LogP contribution >= 0.6 is 0 Å². The molecule has 0 heterocycles. The first-order valence-corrected chi connectivity index (χ1v) is 16.4. The number of aryl methyl sites for hydroxylation is 1. The van der Waals surface area contributed by atoms with Crippen LogP contribution in [0, 0.1) is 6.92 Å². The maximum atomic E-state index is 2.38. The molecular weight excluding hydrogens is 565 g/mol. The van der Waals surface area contributed by atoms with Crippen molar-refractivity contribution >= 4 is 43.1 Å². The molecule has 0 nitrogen and oxygen atoms in total. The molecule has 9 aromatic rings. The van der Waals surface area contributed by atoms with Crippen molar-refractivity contribution in [3.63, 3.8) is 0 Å². The van der Waals surface area contributed by atoms with E-state index >= 15 is 0 Å². The van der Waals surface area contributed by atoms with E-state index in [4.69, 9.17) is 0 Å². The molecule has 10 rings (SSSR count). The van der Waals surface area contributed by atoms with Gasteiger partial charge in [0.2, 0.25) is 0 Å². The lowest BCUT2D eigenvalue weighted by atomic mass is 9.83. The van der Waals surface area contributed by atoms with Crippen molar-refractivity contribution in [3.8, 4) is 55.6 Å². The van der Waals surface area contributed by atoms with Crippen molar-refractivity contribution in [3.05, 3.63) is 169 Å². The largest absolute Gasteiger partial charge is 0.0616 e. The van der Waals surface area contributed by atoms with Crippen LogP contribution in [0.15, 0.2) is 164 Å². The van der Waals surface area contributed by atoms with Gasteiger partial charge in [0.25, 0.3) is 0 Å². The van der Waals surface area contributed by atoms with E-state index in [1.165, 1.54) is 104 Å². The zero-order valence-electron chi connectivity index (χ0n) is 26.1. The summed E-state index contributed by atoms with van der Waals surface area (Å²) < 4.78 is 0. The molecule has 218 valence electrons. The van der Waals surface area contributed by atoms with Gasteiger partial charge in [0.05, 0.1) is 0 Å². The van der Waals surface area contributed by atoms with Crippen LogP contribution in [0.1, 0.15) is 5.56 Å². The highest BCUT2D eigenvalue weighted by Gasteiger charge is 2.24. The van der Waals surface area contributed by atoms with E-state index in [1.54, 1.807) is 0 Å². The van der Waals surface area contributed by atoms with Crippen molar-refractivity contribution in [1.29, 1.82) is 0 Å². The van der Waals surface area contributed by atoms with E-state index in [0.29, 0.717) is 0 Å². The van der Waals surface area contributed by atoms with Gasteiger partial charge in [-0.25, -0.2) is 0 Å². The summed E-state index contributed by atoms with van der Waals surface area (Å²) >= 11 is 0. The zero-order chi connectivity index (χ0) is 31.1. The van der Waals surface area contributed by atoms with Crippen LogP contribution in [0.3, 0.4) is 0 Å². The van der Waals surface area contributed by atoms with E-state index in [0.717, 1.165) is 0 Å². The molecule has 0 bridgehead atoms. The highest BCUT2D eigenvalue weighted by atomic mass is 14.3. The predicted octanol–water partition coefficient (Wildman–Crippen LogP) is 13.3. The minimum absolute atomic E-state index is 1.24. The van der Waals surface area contributed by atoms with Gasteiger partial charge >= 0.3 is 0 Å². The van der Waals surface area contributed by atoms with Crippen LogP contribution in [0.2, 0.25) is 0 Å². The van der Waals surface area contributed by atoms with Gasteiger partial charge in [0.1, 0.15) is 0 Å². The molecule has 0 N–H and O–H groups in total. The van der Waals surface area contributed by atoms with E-state index in [-0.39, 0.29) is 0 Å². The van der Waals surface area contributed by atoms with Gasteiger partial charge in [0.15, 0.2) is 0 Å². The fourth-order valence-corrected chi connectivity index (χ4v) is 8.21. The van der Waals surface area contributed by atoms with Crippen molar-refractivity contribution in [2.75, 3.05) is 0 Å². The average Bonchev–Trinajstić information content (AvgIpc) is 3.46. The molecule has 0 saturated carbocycles. The molecule has 0 aliphatic heterocycles. The Labute approximate surface area is 274 Å². The third kappa shape index (κ3) is 3.82. The summed E-state index contributed by atoms with van der Waals surface area (Å²) in [6.45, 7) is 2.21. The Bertz CT molecular complexity index is 2690. The molecule has 0 heteroatoms. The SMILES string of the molecule is Cc1ccc2c(-c3ccc4c5c(cccc35)-c3ccccc3-4)c3ccccc3c(-c3ccc(-c4cccc5ccccc45)cc3)c2c1. The first-order valence-electron chi connectivity index (χ1n) is 16.4. The molecule has 0 atom stereocenters. The summed E-state index contributed by atoms with van der Waals surface area (Å²) in [6, 6.07) is 60.8. The maximum Gasteiger partial charge on any atom is -0.00201 e. The summed E-state index contributed by atoms with van der Waals surface area (Å²) in [7, 11) is 0. The Balaban J connectivity index is 1.23. The lowest BCUT2D eigenvalue weighted by Crippen LogP contribution is -1.93. The van der Waals surface area contributed by atoms with Gasteiger partial charge in [-0.2, -0.15) is 0 Å². The molecule has 1 aliphatic carbocycles. The molecule has 0 unspecified atom stereocenters. The van der Waals surface area contributed by atoms with Gasteiger partial charge in [-0.1, -0.05) is 169 Å². The van der Waals surface area contributed by atoms with Crippen LogP contribution < -0.4 is 0 Å². The van der Waals surface area contributed by atoms with Crippen molar-refractivity contribution < 1.29 is 0 Å². The molecule has 0 fully saturated rings. The molecule has 9 aromatic carbocycles. The summed E-state index contributed by atoms with van der Waals surface area (Å²) in [4.78, 5) is 0. The highest BCUT2D eigenvalue weighted by Crippen LogP contribution is 2.51. The fraction of sp³-hybridized carbons (Fsp3) is 0.0213. The van der Waals surface area contributed by atoms with Crippen LogP contribution in [0.25, 0.3) is 98.7 Å². The number of hydrogen-bond donors (Lipinski definition) is 0. The monoisotopic (exact) mass is 594 g/mol. The van der Waals surface area contributed by atoms with E-state index in [1.807, 2.05) is 0 Å². The quantitative estimate of drug-likeness (QED) is 0.179. The Hall–Kier alpha value is -5.98. The van der Waals surface area contributed by atoms with Crippen LogP contribution in [-0.4, -0.2) is 0 Å². The third-order valence-corrected chi connectivity index (χ3v) is 10.3. The third-order valence-electron chi connectivity index (χ3n) is 10.3. The van der Waals surface area contributed by atoms with Crippen molar-refractivity contribution in [1.82, 2.24) is 0 Å². The zero-order valence-corrected chi connectivity index (χ0v) is 26.1. The molecule has 47 heavy (non-hydrogen) atoms. The molecule has 0 radical (unpaired) electrons.